The van der Waals surface area contributed by atoms with E-state index in [0.29, 0.717) is 23.9 Å². The molecule has 1 saturated heterocycles. The fourth-order valence-electron chi connectivity index (χ4n) is 4.50. The van der Waals surface area contributed by atoms with Crippen LogP contribution >= 0.6 is 0 Å². The quantitative estimate of drug-likeness (QED) is 0.668. The second-order valence-electron chi connectivity index (χ2n) is 7.40. The normalized spacial score (nSPS) is 21.1. The Labute approximate surface area is 156 Å². The van der Waals surface area contributed by atoms with Crippen molar-refractivity contribution in [1.29, 1.82) is 0 Å². The van der Waals surface area contributed by atoms with Crippen LogP contribution in [0.15, 0.2) is 47.4 Å². The van der Waals surface area contributed by atoms with Crippen molar-refractivity contribution in [2.45, 2.75) is 44.8 Å². The molecule has 136 valence electrons. The van der Waals surface area contributed by atoms with E-state index in [-0.39, 0.29) is 23.6 Å². The Morgan fingerprint density at radius 3 is 2.78 bits per heavy atom. The first kappa shape index (κ1) is 16.2. The zero-order valence-corrected chi connectivity index (χ0v) is 15.1. The SMILES string of the molecule is Cc1ncccc1C(=O)N1[C@H]2CC[C@H]1Cn1c(nc3ccccc3c1=O)C2. The molecule has 2 aliphatic rings. The average Bonchev–Trinajstić information content (AvgIpc) is 2.98. The van der Waals surface area contributed by atoms with Crippen molar-refractivity contribution in [3.05, 3.63) is 70.0 Å². The van der Waals surface area contributed by atoms with E-state index < -0.39 is 0 Å². The zero-order valence-electron chi connectivity index (χ0n) is 15.1. The summed E-state index contributed by atoms with van der Waals surface area (Å²) in [4.78, 5) is 37.3. The van der Waals surface area contributed by atoms with Gasteiger partial charge in [0.15, 0.2) is 0 Å². The van der Waals surface area contributed by atoms with Crippen LogP contribution in [0, 0.1) is 6.92 Å². The highest BCUT2D eigenvalue weighted by atomic mass is 16.2. The van der Waals surface area contributed by atoms with Gasteiger partial charge in [-0.3, -0.25) is 19.1 Å². The highest BCUT2D eigenvalue weighted by molar-refractivity contribution is 5.95. The number of para-hydroxylation sites is 1. The van der Waals surface area contributed by atoms with Gasteiger partial charge < -0.3 is 4.90 Å². The zero-order chi connectivity index (χ0) is 18.5. The van der Waals surface area contributed by atoms with Crippen molar-refractivity contribution in [2.24, 2.45) is 0 Å². The third-order valence-corrected chi connectivity index (χ3v) is 5.84. The number of aryl methyl sites for hydroxylation is 1. The van der Waals surface area contributed by atoms with Crippen molar-refractivity contribution >= 4 is 16.8 Å². The minimum atomic E-state index is -0.00638. The molecule has 0 radical (unpaired) electrons. The molecule has 2 aliphatic heterocycles. The molecule has 0 saturated carbocycles. The number of hydrogen-bond donors (Lipinski definition) is 0. The Morgan fingerprint density at radius 2 is 1.93 bits per heavy atom. The van der Waals surface area contributed by atoms with Gasteiger partial charge in [0, 0.05) is 30.9 Å². The molecule has 0 spiro atoms. The fourth-order valence-corrected chi connectivity index (χ4v) is 4.50. The van der Waals surface area contributed by atoms with Gasteiger partial charge in [0.05, 0.1) is 22.5 Å². The molecule has 2 atom stereocenters. The molecule has 6 heteroatoms. The van der Waals surface area contributed by atoms with E-state index in [9.17, 15) is 9.59 Å². The summed E-state index contributed by atoms with van der Waals surface area (Å²) in [6.45, 7) is 2.37. The molecule has 0 aliphatic carbocycles. The number of aromatic nitrogens is 3. The van der Waals surface area contributed by atoms with Crippen LogP contribution in [0.3, 0.4) is 0 Å². The summed E-state index contributed by atoms with van der Waals surface area (Å²) >= 11 is 0. The van der Waals surface area contributed by atoms with Crippen LogP contribution in [-0.4, -0.2) is 37.4 Å². The molecule has 6 nitrogen and oxygen atoms in total. The molecule has 4 heterocycles. The van der Waals surface area contributed by atoms with Crippen LogP contribution < -0.4 is 5.56 Å². The van der Waals surface area contributed by atoms with Gasteiger partial charge in [-0.2, -0.15) is 0 Å². The number of benzene rings is 1. The minimum absolute atomic E-state index is 0.00638. The van der Waals surface area contributed by atoms with E-state index in [1.807, 2.05) is 42.2 Å². The van der Waals surface area contributed by atoms with Gasteiger partial charge in [-0.1, -0.05) is 12.1 Å². The number of carbonyl (C=O) groups is 1. The molecular weight excluding hydrogens is 340 g/mol. The molecular formula is C21H20N4O2. The van der Waals surface area contributed by atoms with Crippen molar-refractivity contribution in [2.75, 3.05) is 0 Å². The Balaban J connectivity index is 1.59. The topological polar surface area (TPSA) is 68.1 Å². The monoisotopic (exact) mass is 360 g/mol. The van der Waals surface area contributed by atoms with E-state index in [2.05, 4.69) is 4.98 Å². The first-order valence-corrected chi connectivity index (χ1v) is 9.36. The van der Waals surface area contributed by atoms with E-state index in [0.717, 1.165) is 29.9 Å². The molecule has 0 N–H and O–H groups in total. The fraction of sp³-hybridized carbons (Fsp3) is 0.333. The highest BCUT2D eigenvalue weighted by Crippen LogP contribution is 2.32. The lowest BCUT2D eigenvalue weighted by molar-refractivity contribution is 0.0664. The van der Waals surface area contributed by atoms with Gasteiger partial charge in [0.1, 0.15) is 5.82 Å². The van der Waals surface area contributed by atoms with E-state index in [1.165, 1.54) is 0 Å². The number of amides is 1. The lowest BCUT2D eigenvalue weighted by Crippen LogP contribution is -2.42. The first-order chi connectivity index (χ1) is 13.1. The number of carbonyl (C=O) groups excluding carboxylic acids is 1. The molecule has 0 unspecified atom stereocenters. The van der Waals surface area contributed by atoms with Crippen molar-refractivity contribution in [3.63, 3.8) is 0 Å². The summed E-state index contributed by atoms with van der Waals surface area (Å²) in [7, 11) is 0. The second-order valence-corrected chi connectivity index (χ2v) is 7.40. The summed E-state index contributed by atoms with van der Waals surface area (Å²) in [5, 5.41) is 0.639. The Bertz CT molecular complexity index is 1120. The lowest BCUT2D eigenvalue weighted by atomic mass is 10.1. The summed E-state index contributed by atoms with van der Waals surface area (Å²) < 4.78 is 1.78. The van der Waals surface area contributed by atoms with E-state index in [4.69, 9.17) is 4.98 Å². The number of pyridine rings is 1. The number of rotatable bonds is 1. The largest absolute Gasteiger partial charge is 0.330 e. The number of nitrogens with zero attached hydrogens (tertiary/aromatic N) is 4. The minimum Gasteiger partial charge on any atom is -0.330 e. The Hall–Kier alpha value is -3.02. The van der Waals surface area contributed by atoms with Crippen LogP contribution in [0.4, 0.5) is 0 Å². The van der Waals surface area contributed by atoms with E-state index in [1.54, 1.807) is 16.8 Å². The van der Waals surface area contributed by atoms with Gasteiger partial charge >= 0.3 is 0 Å². The highest BCUT2D eigenvalue weighted by Gasteiger charge is 2.41. The smallest absolute Gasteiger partial charge is 0.261 e. The maximum atomic E-state index is 13.3. The molecule has 1 aromatic carbocycles. The van der Waals surface area contributed by atoms with Crippen molar-refractivity contribution < 1.29 is 4.79 Å². The average molecular weight is 360 g/mol. The molecule has 3 aromatic rings. The third-order valence-electron chi connectivity index (χ3n) is 5.84. The van der Waals surface area contributed by atoms with Crippen LogP contribution in [-0.2, 0) is 13.0 Å². The molecule has 1 amide bonds. The van der Waals surface area contributed by atoms with Crippen molar-refractivity contribution in [1.82, 2.24) is 19.4 Å². The third kappa shape index (κ3) is 2.47. The molecule has 1 fully saturated rings. The molecule has 27 heavy (non-hydrogen) atoms. The maximum absolute atomic E-state index is 13.3. The van der Waals surface area contributed by atoms with Gasteiger partial charge in [-0.05, 0) is 44.0 Å². The van der Waals surface area contributed by atoms with Crippen molar-refractivity contribution in [3.8, 4) is 0 Å². The molecule has 2 bridgehead atoms. The Morgan fingerprint density at radius 1 is 1.11 bits per heavy atom. The predicted octanol–water partition coefficient (Wildman–Crippen LogP) is 2.33. The van der Waals surface area contributed by atoms with Crippen LogP contribution in [0.2, 0.25) is 0 Å². The summed E-state index contributed by atoms with van der Waals surface area (Å²) in [5.74, 6) is 0.796. The second kappa shape index (κ2) is 6.01. The van der Waals surface area contributed by atoms with Gasteiger partial charge in [-0.25, -0.2) is 4.98 Å². The van der Waals surface area contributed by atoms with Gasteiger partial charge in [0.25, 0.3) is 11.5 Å². The Kier molecular flexibility index (Phi) is 3.60. The van der Waals surface area contributed by atoms with Crippen LogP contribution in [0.25, 0.3) is 10.9 Å². The molecule has 5 rings (SSSR count). The number of hydrogen-bond acceptors (Lipinski definition) is 4. The summed E-state index contributed by atoms with van der Waals surface area (Å²) in [6, 6.07) is 11.2. The van der Waals surface area contributed by atoms with E-state index >= 15 is 0 Å². The first-order valence-electron chi connectivity index (χ1n) is 9.36. The molecule has 2 aromatic heterocycles. The maximum Gasteiger partial charge on any atom is 0.261 e. The van der Waals surface area contributed by atoms with Gasteiger partial charge in [0.2, 0.25) is 0 Å². The standard InChI is InChI=1S/C21H20N4O2/c1-13-16(6-4-10-22-13)21(27)25-14-8-9-15(25)12-24-19(11-14)23-18-7-3-2-5-17(18)20(24)26/h2-7,10,14-15H,8-9,11-12H2,1H3/t14-,15-/m0/s1. The summed E-state index contributed by atoms with van der Waals surface area (Å²) in [5.41, 5.74) is 2.11. The van der Waals surface area contributed by atoms with Crippen LogP contribution in [0.5, 0.6) is 0 Å². The lowest BCUT2D eigenvalue weighted by Gasteiger charge is -2.28. The predicted molar refractivity (Wildman–Crippen MR) is 102 cm³/mol. The van der Waals surface area contributed by atoms with Gasteiger partial charge in [-0.15, -0.1) is 0 Å². The van der Waals surface area contributed by atoms with Crippen LogP contribution in [0.1, 0.15) is 34.7 Å². The number of fused-ring (bicyclic) bond motifs is 4. The summed E-state index contributed by atoms with van der Waals surface area (Å²) in [6.07, 6.45) is 4.17.